The van der Waals surface area contributed by atoms with Crippen LogP contribution in [0.25, 0.3) is 0 Å². The Kier molecular flexibility index (Phi) is 4.50. The minimum Gasteiger partial charge on any atom is -0.495 e. The molecule has 3 atom stereocenters. The van der Waals surface area contributed by atoms with Crippen molar-refractivity contribution in [3.8, 4) is 5.75 Å². The fraction of sp³-hybridized carbons (Fsp3) is 0.368. The zero-order valence-electron chi connectivity index (χ0n) is 16.2. The van der Waals surface area contributed by atoms with Crippen LogP contribution in [-0.2, 0) is 11.8 Å². The molecule has 1 aromatic carbocycles. The number of aryl methyl sites for hydroxylation is 2. The Bertz CT molecular complexity index is 1010. The highest BCUT2D eigenvalue weighted by atomic mass is 16.5. The summed E-state index contributed by atoms with van der Waals surface area (Å²) in [4.78, 5) is 17.7. The lowest BCUT2D eigenvalue weighted by Gasteiger charge is -2.36. The number of methoxy groups -OCH3 is 1. The van der Waals surface area contributed by atoms with E-state index in [4.69, 9.17) is 4.74 Å². The van der Waals surface area contributed by atoms with Crippen LogP contribution in [0.5, 0.6) is 5.75 Å². The zero-order chi connectivity index (χ0) is 19.8. The third kappa shape index (κ3) is 2.98. The van der Waals surface area contributed by atoms with Crippen molar-refractivity contribution in [2.75, 3.05) is 17.7 Å². The van der Waals surface area contributed by atoms with E-state index >= 15 is 0 Å². The Morgan fingerprint density at radius 3 is 2.82 bits per heavy atom. The monoisotopic (exact) mass is 381 g/mol. The zero-order valence-corrected chi connectivity index (χ0v) is 16.2. The maximum Gasteiger partial charge on any atom is 0.232 e. The fourth-order valence-corrected chi connectivity index (χ4v) is 3.84. The van der Waals surface area contributed by atoms with E-state index in [0.717, 1.165) is 11.3 Å². The summed E-state index contributed by atoms with van der Waals surface area (Å²) in [5.74, 6) is 0.700. The number of fused-ring (bicyclic) bond motifs is 1. The minimum absolute atomic E-state index is 0.126. The molecule has 3 aromatic rings. The number of aromatic nitrogens is 5. The number of para-hydroxylation sites is 2. The first-order chi connectivity index (χ1) is 13.5. The normalized spacial score (nSPS) is 20.9. The van der Waals surface area contributed by atoms with Crippen molar-refractivity contribution >= 4 is 17.5 Å². The lowest BCUT2D eigenvalue weighted by atomic mass is 9.85. The summed E-state index contributed by atoms with van der Waals surface area (Å²) in [7, 11) is 3.45. The number of carbonyl (C=O) groups excluding carboxylic acids is 1. The van der Waals surface area contributed by atoms with E-state index in [1.807, 2.05) is 51.4 Å². The minimum atomic E-state index is -0.429. The molecular formula is C19H23N7O2. The maximum atomic E-state index is 13.4. The van der Waals surface area contributed by atoms with Crippen LogP contribution in [0.3, 0.4) is 0 Å². The Labute approximate surface area is 162 Å². The maximum absolute atomic E-state index is 13.4. The number of nitrogens with one attached hydrogen (secondary N) is 2. The Morgan fingerprint density at radius 2 is 2.11 bits per heavy atom. The van der Waals surface area contributed by atoms with Crippen LogP contribution in [0, 0.1) is 12.8 Å². The number of carbonyl (C=O) groups is 1. The number of anilines is 2. The summed E-state index contributed by atoms with van der Waals surface area (Å²) in [5.41, 5.74) is 2.44. The van der Waals surface area contributed by atoms with Gasteiger partial charge in [0, 0.05) is 24.8 Å². The molecule has 9 nitrogen and oxygen atoms in total. The van der Waals surface area contributed by atoms with Crippen LogP contribution in [0.1, 0.15) is 24.2 Å². The third-order valence-corrected chi connectivity index (χ3v) is 5.11. The lowest BCUT2D eigenvalue weighted by Crippen LogP contribution is -2.46. The number of hydrogen-bond acceptors (Lipinski definition) is 6. The molecule has 2 N–H and O–H groups in total. The molecule has 0 saturated heterocycles. The van der Waals surface area contributed by atoms with Gasteiger partial charge >= 0.3 is 0 Å². The molecule has 1 aliphatic heterocycles. The van der Waals surface area contributed by atoms with Gasteiger partial charge in [0.2, 0.25) is 11.9 Å². The van der Waals surface area contributed by atoms with Gasteiger partial charge in [-0.2, -0.15) is 15.2 Å². The third-order valence-electron chi connectivity index (χ3n) is 5.11. The van der Waals surface area contributed by atoms with E-state index in [1.165, 1.54) is 6.33 Å². The van der Waals surface area contributed by atoms with E-state index in [0.29, 0.717) is 17.4 Å². The standard InChI is InChI=1S/C19H23N7O2/c1-11-13(9-25(3)24-11)17-16(12(2)22-19-20-10-21-26(17)19)18(27)23-14-7-5-6-8-15(14)28-4/h5-10,12,16-17H,1-4H3,(H,23,27)(H,20,21,22)/t12-,16-,17+/m1/s1. The highest BCUT2D eigenvalue weighted by Crippen LogP contribution is 2.38. The van der Waals surface area contributed by atoms with E-state index in [2.05, 4.69) is 25.8 Å². The van der Waals surface area contributed by atoms with Crippen molar-refractivity contribution in [2.45, 2.75) is 25.9 Å². The second-order valence-corrected chi connectivity index (χ2v) is 6.96. The van der Waals surface area contributed by atoms with E-state index in [9.17, 15) is 4.79 Å². The van der Waals surface area contributed by atoms with Crippen LogP contribution in [0.4, 0.5) is 11.6 Å². The first kappa shape index (κ1) is 18.0. The van der Waals surface area contributed by atoms with Gasteiger partial charge < -0.3 is 15.4 Å². The van der Waals surface area contributed by atoms with Crippen molar-refractivity contribution in [3.05, 3.63) is 48.0 Å². The van der Waals surface area contributed by atoms with Crippen molar-refractivity contribution in [2.24, 2.45) is 13.0 Å². The molecule has 0 fully saturated rings. The highest BCUT2D eigenvalue weighted by molar-refractivity contribution is 5.95. The molecule has 28 heavy (non-hydrogen) atoms. The number of amides is 1. The number of rotatable bonds is 4. The number of benzene rings is 1. The van der Waals surface area contributed by atoms with Crippen LogP contribution >= 0.6 is 0 Å². The van der Waals surface area contributed by atoms with Gasteiger partial charge in [0.15, 0.2) is 0 Å². The fourth-order valence-electron chi connectivity index (χ4n) is 3.84. The summed E-state index contributed by atoms with van der Waals surface area (Å²) in [5, 5.41) is 15.1. The van der Waals surface area contributed by atoms with Crippen molar-refractivity contribution < 1.29 is 9.53 Å². The first-order valence-corrected chi connectivity index (χ1v) is 9.09. The van der Waals surface area contributed by atoms with Gasteiger partial charge in [-0.1, -0.05) is 12.1 Å². The van der Waals surface area contributed by atoms with Crippen LogP contribution < -0.4 is 15.4 Å². The van der Waals surface area contributed by atoms with E-state index in [1.54, 1.807) is 16.5 Å². The molecule has 1 amide bonds. The van der Waals surface area contributed by atoms with Gasteiger partial charge in [0.05, 0.1) is 30.5 Å². The smallest absolute Gasteiger partial charge is 0.232 e. The lowest BCUT2D eigenvalue weighted by molar-refractivity contribution is -0.121. The summed E-state index contributed by atoms with van der Waals surface area (Å²) < 4.78 is 8.88. The predicted molar refractivity (Wildman–Crippen MR) is 104 cm³/mol. The first-order valence-electron chi connectivity index (χ1n) is 9.09. The average Bonchev–Trinajstić information content (AvgIpc) is 3.26. The molecule has 3 heterocycles. The summed E-state index contributed by atoms with van der Waals surface area (Å²) >= 11 is 0. The summed E-state index contributed by atoms with van der Waals surface area (Å²) in [6.45, 7) is 3.91. The molecule has 0 radical (unpaired) electrons. The predicted octanol–water partition coefficient (Wildman–Crippen LogP) is 1.99. The molecule has 9 heteroatoms. The molecule has 0 spiro atoms. The average molecular weight is 381 g/mol. The second-order valence-electron chi connectivity index (χ2n) is 6.96. The summed E-state index contributed by atoms with van der Waals surface area (Å²) in [6.07, 6.45) is 3.43. The SMILES string of the molecule is COc1ccccc1NC(=O)[C@@H]1[C@@H](C)Nc2ncnn2[C@H]1c1cn(C)nc1C. The molecule has 4 rings (SSSR count). The molecule has 0 unspecified atom stereocenters. The Morgan fingerprint density at radius 1 is 1.32 bits per heavy atom. The number of ether oxygens (including phenoxy) is 1. The van der Waals surface area contributed by atoms with E-state index in [-0.39, 0.29) is 18.0 Å². The molecule has 146 valence electrons. The molecule has 0 bridgehead atoms. The topological polar surface area (TPSA) is 98.9 Å². The highest BCUT2D eigenvalue weighted by Gasteiger charge is 2.42. The van der Waals surface area contributed by atoms with Gasteiger partial charge in [-0.05, 0) is 26.0 Å². The Hall–Kier alpha value is -3.36. The molecule has 2 aromatic heterocycles. The van der Waals surface area contributed by atoms with Gasteiger partial charge in [-0.3, -0.25) is 9.48 Å². The quantitative estimate of drug-likeness (QED) is 0.717. The number of hydrogen-bond donors (Lipinski definition) is 2. The number of nitrogens with zero attached hydrogens (tertiary/aromatic N) is 5. The van der Waals surface area contributed by atoms with Crippen LogP contribution in [-0.4, -0.2) is 43.6 Å². The van der Waals surface area contributed by atoms with Crippen molar-refractivity contribution in [1.82, 2.24) is 24.5 Å². The summed E-state index contributed by atoms with van der Waals surface area (Å²) in [6, 6.07) is 6.88. The molecular weight excluding hydrogens is 358 g/mol. The molecule has 1 aliphatic rings. The van der Waals surface area contributed by atoms with Crippen molar-refractivity contribution in [3.63, 3.8) is 0 Å². The van der Waals surface area contributed by atoms with Gasteiger partial charge in [-0.25, -0.2) is 4.68 Å². The Balaban J connectivity index is 1.75. The second kappa shape index (κ2) is 6.99. The molecule has 0 aliphatic carbocycles. The van der Waals surface area contributed by atoms with Gasteiger partial charge in [0.1, 0.15) is 12.1 Å². The van der Waals surface area contributed by atoms with Gasteiger partial charge in [0.25, 0.3) is 0 Å². The molecule has 0 saturated carbocycles. The van der Waals surface area contributed by atoms with Crippen LogP contribution in [0.2, 0.25) is 0 Å². The van der Waals surface area contributed by atoms with E-state index < -0.39 is 5.92 Å². The van der Waals surface area contributed by atoms with Crippen LogP contribution in [0.15, 0.2) is 36.8 Å². The largest absolute Gasteiger partial charge is 0.495 e. The van der Waals surface area contributed by atoms with Crippen molar-refractivity contribution in [1.29, 1.82) is 0 Å². The van der Waals surface area contributed by atoms with Gasteiger partial charge in [-0.15, -0.1) is 0 Å².